The van der Waals surface area contributed by atoms with Crippen LogP contribution in [0.1, 0.15) is 23.6 Å². The maximum atomic E-state index is 13.0. The monoisotopic (exact) mass is 552 g/mol. The van der Waals surface area contributed by atoms with Crippen LogP contribution in [0.5, 0.6) is 11.5 Å². The minimum absolute atomic E-state index is 0.236. The third-order valence-electron chi connectivity index (χ3n) is 6.34. The number of anilines is 1. The number of amides is 3. The molecule has 40 heavy (non-hydrogen) atoms. The van der Waals surface area contributed by atoms with Gasteiger partial charge < -0.3 is 14.8 Å². The summed E-state index contributed by atoms with van der Waals surface area (Å²) in [4.78, 5) is 39.2. The zero-order chi connectivity index (χ0) is 28.1. The van der Waals surface area contributed by atoms with Gasteiger partial charge in [0.2, 0.25) is 5.91 Å². The summed E-state index contributed by atoms with van der Waals surface area (Å²) < 4.78 is 12.0. The van der Waals surface area contributed by atoms with Crippen LogP contribution >= 0.6 is 11.8 Å². The molecule has 3 amide bonds. The number of rotatable bonds is 9. The molecule has 0 spiro atoms. The van der Waals surface area contributed by atoms with E-state index in [2.05, 4.69) is 23.5 Å². The van der Waals surface area contributed by atoms with Gasteiger partial charge in [-0.15, -0.1) is 0 Å². The molecule has 8 heteroatoms. The summed E-state index contributed by atoms with van der Waals surface area (Å²) in [6, 6.07) is 26.9. The van der Waals surface area contributed by atoms with E-state index in [4.69, 9.17) is 9.47 Å². The van der Waals surface area contributed by atoms with E-state index in [-0.39, 0.29) is 11.4 Å². The lowest BCUT2D eigenvalue weighted by Crippen LogP contribution is -2.36. The molecule has 0 radical (unpaired) electrons. The van der Waals surface area contributed by atoms with Crippen LogP contribution in [0.15, 0.2) is 89.8 Å². The topological polar surface area (TPSA) is 84.9 Å². The minimum atomic E-state index is -0.511. The average Bonchev–Trinajstić information content (AvgIpc) is 3.21. The minimum Gasteiger partial charge on any atom is -0.490 e. The molecule has 4 aromatic rings. The van der Waals surface area contributed by atoms with Gasteiger partial charge in [-0.2, -0.15) is 0 Å². The van der Waals surface area contributed by atoms with Crippen LogP contribution in [-0.4, -0.2) is 35.1 Å². The Balaban J connectivity index is 1.28. The standard InChI is InChI=1S/C32H28N2O5S/c1-3-38-28-17-22(13-16-27(28)39-20-24-9-6-8-23-7-4-5-10-26(23)24)18-29-31(36)34(32(37)40-29)19-30(35)33-25-14-11-21(2)12-15-25/h4-18H,3,19-20H2,1-2H3,(H,33,35)/b29-18+. The molecule has 1 aliphatic heterocycles. The fourth-order valence-electron chi connectivity index (χ4n) is 4.34. The molecule has 0 atom stereocenters. The summed E-state index contributed by atoms with van der Waals surface area (Å²) in [7, 11) is 0. The van der Waals surface area contributed by atoms with E-state index in [1.165, 1.54) is 0 Å². The second kappa shape index (κ2) is 12.1. The van der Waals surface area contributed by atoms with E-state index in [1.54, 1.807) is 36.4 Å². The second-order valence-electron chi connectivity index (χ2n) is 9.25. The lowest BCUT2D eigenvalue weighted by molar-refractivity contribution is -0.127. The van der Waals surface area contributed by atoms with Gasteiger partial charge in [-0.05, 0) is 77.9 Å². The van der Waals surface area contributed by atoms with E-state index >= 15 is 0 Å². The number of benzene rings is 4. The van der Waals surface area contributed by atoms with Gasteiger partial charge in [0.1, 0.15) is 13.2 Å². The molecule has 0 aliphatic carbocycles. The molecule has 1 fully saturated rings. The van der Waals surface area contributed by atoms with E-state index in [0.29, 0.717) is 36.0 Å². The predicted molar refractivity (Wildman–Crippen MR) is 158 cm³/mol. The van der Waals surface area contributed by atoms with Gasteiger partial charge in [-0.3, -0.25) is 19.3 Å². The molecule has 1 N–H and O–H groups in total. The van der Waals surface area contributed by atoms with Gasteiger partial charge in [-0.1, -0.05) is 66.2 Å². The molecule has 0 saturated carbocycles. The van der Waals surface area contributed by atoms with Gasteiger partial charge in [0, 0.05) is 5.69 Å². The van der Waals surface area contributed by atoms with E-state index < -0.39 is 17.1 Å². The van der Waals surface area contributed by atoms with Crippen LogP contribution < -0.4 is 14.8 Å². The van der Waals surface area contributed by atoms with Crippen LogP contribution in [0.25, 0.3) is 16.8 Å². The lowest BCUT2D eigenvalue weighted by Gasteiger charge is -2.14. The molecular weight excluding hydrogens is 524 g/mol. The number of hydrogen-bond acceptors (Lipinski definition) is 6. The summed E-state index contributed by atoms with van der Waals surface area (Å²) >= 11 is 0.805. The van der Waals surface area contributed by atoms with Crippen molar-refractivity contribution in [1.29, 1.82) is 0 Å². The Morgan fingerprint density at radius 3 is 2.50 bits per heavy atom. The van der Waals surface area contributed by atoms with Gasteiger partial charge in [0.15, 0.2) is 11.5 Å². The first-order chi connectivity index (χ1) is 19.4. The fraction of sp³-hybridized carbons (Fsp3) is 0.156. The molecule has 7 nitrogen and oxygen atoms in total. The van der Waals surface area contributed by atoms with E-state index in [9.17, 15) is 14.4 Å². The first-order valence-corrected chi connectivity index (χ1v) is 13.7. The lowest BCUT2D eigenvalue weighted by atomic mass is 10.1. The Bertz CT molecular complexity index is 1610. The van der Waals surface area contributed by atoms with Crippen molar-refractivity contribution < 1.29 is 23.9 Å². The molecule has 0 aromatic heterocycles. The number of hydrogen-bond donors (Lipinski definition) is 1. The molecule has 0 unspecified atom stereocenters. The van der Waals surface area contributed by atoms with Gasteiger partial charge in [-0.25, -0.2) is 0 Å². The average molecular weight is 553 g/mol. The molecule has 0 bridgehead atoms. The number of thioether (sulfide) groups is 1. The molecule has 1 saturated heterocycles. The van der Waals surface area contributed by atoms with Crippen LogP contribution in [0.4, 0.5) is 10.5 Å². The second-order valence-corrected chi connectivity index (χ2v) is 10.2. The first kappa shape index (κ1) is 27.0. The Kier molecular flexibility index (Phi) is 8.17. The number of carbonyl (C=O) groups excluding carboxylic acids is 3. The number of nitrogens with zero attached hydrogens (tertiary/aromatic N) is 1. The normalized spacial score (nSPS) is 14.2. The third-order valence-corrected chi connectivity index (χ3v) is 7.25. The maximum Gasteiger partial charge on any atom is 0.294 e. The Morgan fingerprint density at radius 2 is 1.70 bits per heavy atom. The largest absolute Gasteiger partial charge is 0.490 e. The van der Waals surface area contributed by atoms with Gasteiger partial charge in [0.25, 0.3) is 11.1 Å². The number of nitrogens with one attached hydrogen (secondary N) is 1. The van der Waals surface area contributed by atoms with Gasteiger partial charge in [0.05, 0.1) is 11.5 Å². The zero-order valence-electron chi connectivity index (χ0n) is 22.2. The van der Waals surface area contributed by atoms with Gasteiger partial charge >= 0.3 is 0 Å². The van der Waals surface area contributed by atoms with Crippen molar-refractivity contribution in [3.8, 4) is 11.5 Å². The quantitative estimate of drug-likeness (QED) is 0.230. The maximum absolute atomic E-state index is 13.0. The summed E-state index contributed by atoms with van der Waals surface area (Å²) in [5.74, 6) is 0.156. The summed E-state index contributed by atoms with van der Waals surface area (Å²) in [5, 5.41) is 4.50. The first-order valence-electron chi connectivity index (χ1n) is 12.9. The van der Waals surface area contributed by atoms with Crippen LogP contribution in [0, 0.1) is 6.92 Å². The molecular formula is C32H28N2O5S. The van der Waals surface area contributed by atoms with Crippen LogP contribution in [-0.2, 0) is 16.2 Å². The van der Waals surface area contributed by atoms with Crippen molar-refractivity contribution >= 4 is 51.4 Å². The highest BCUT2D eigenvalue weighted by molar-refractivity contribution is 8.18. The number of fused-ring (bicyclic) bond motifs is 1. The SMILES string of the molecule is CCOc1cc(/C=C2/SC(=O)N(CC(=O)Nc3ccc(C)cc3)C2=O)ccc1OCc1cccc2ccccc12. The van der Waals surface area contributed by atoms with Crippen molar-refractivity contribution in [1.82, 2.24) is 4.90 Å². The highest BCUT2D eigenvalue weighted by Gasteiger charge is 2.36. The molecule has 1 heterocycles. The Hall–Kier alpha value is -4.56. The number of carbonyl (C=O) groups is 3. The highest BCUT2D eigenvalue weighted by Crippen LogP contribution is 2.35. The van der Waals surface area contributed by atoms with E-state index in [1.807, 2.05) is 50.2 Å². The predicted octanol–water partition coefficient (Wildman–Crippen LogP) is 6.80. The Morgan fingerprint density at radius 1 is 0.925 bits per heavy atom. The summed E-state index contributed by atoms with van der Waals surface area (Å²) in [6.07, 6.45) is 1.62. The molecule has 1 aliphatic rings. The van der Waals surface area contributed by atoms with Crippen LogP contribution in [0.2, 0.25) is 0 Å². The number of imide groups is 1. The highest BCUT2D eigenvalue weighted by atomic mass is 32.2. The summed E-state index contributed by atoms with van der Waals surface area (Å²) in [6.45, 7) is 4.27. The Labute approximate surface area is 236 Å². The number of ether oxygens (including phenoxy) is 2. The summed E-state index contributed by atoms with van der Waals surface area (Å²) in [5.41, 5.74) is 3.40. The number of aryl methyl sites for hydroxylation is 1. The molecule has 202 valence electrons. The van der Waals surface area contributed by atoms with Crippen molar-refractivity contribution in [3.63, 3.8) is 0 Å². The zero-order valence-corrected chi connectivity index (χ0v) is 23.0. The van der Waals surface area contributed by atoms with Crippen molar-refractivity contribution in [2.24, 2.45) is 0 Å². The van der Waals surface area contributed by atoms with Crippen LogP contribution in [0.3, 0.4) is 0 Å². The van der Waals surface area contributed by atoms with E-state index in [0.717, 1.165) is 38.6 Å². The van der Waals surface area contributed by atoms with Crippen molar-refractivity contribution in [2.75, 3.05) is 18.5 Å². The van der Waals surface area contributed by atoms with Crippen molar-refractivity contribution in [3.05, 3.63) is 107 Å². The smallest absolute Gasteiger partial charge is 0.294 e. The van der Waals surface area contributed by atoms with Crippen molar-refractivity contribution in [2.45, 2.75) is 20.5 Å². The molecule has 5 rings (SSSR count). The fourth-order valence-corrected chi connectivity index (χ4v) is 5.18. The molecule has 4 aromatic carbocycles. The third kappa shape index (κ3) is 6.18.